The van der Waals surface area contributed by atoms with Crippen molar-refractivity contribution in [3.05, 3.63) is 41.3 Å². The molecule has 2 rings (SSSR count). The number of carboxylic acids is 1. The van der Waals surface area contributed by atoms with Crippen LogP contribution in [-0.2, 0) is 16.6 Å². The number of carbonyl (C=O) groups is 1. The fraction of sp³-hybridized carbons (Fsp3) is 0.167. The van der Waals surface area contributed by atoms with Crippen molar-refractivity contribution >= 4 is 21.7 Å². The Hall–Kier alpha value is -2.39. The van der Waals surface area contributed by atoms with Crippen LogP contribution in [0.15, 0.2) is 33.7 Å². The van der Waals surface area contributed by atoms with Crippen molar-refractivity contribution in [2.24, 2.45) is 0 Å². The first kappa shape index (κ1) is 15.0. The van der Waals surface area contributed by atoms with Crippen LogP contribution in [0.5, 0.6) is 0 Å². The molecule has 0 unspecified atom stereocenters. The molecule has 112 valence electrons. The number of aryl methyl sites for hydroxylation is 1. The second-order valence-corrected chi connectivity index (χ2v) is 6.06. The van der Waals surface area contributed by atoms with Crippen molar-refractivity contribution in [2.75, 3.05) is 5.73 Å². The second kappa shape index (κ2) is 5.54. The highest BCUT2D eigenvalue weighted by molar-refractivity contribution is 7.89. The summed E-state index contributed by atoms with van der Waals surface area (Å²) in [5.41, 5.74) is 5.92. The molecule has 21 heavy (non-hydrogen) atoms. The minimum Gasteiger partial charge on any atom is -0.478 e. The minimum atomic E-state index is -4.05. The highest BCUT2D eigenvalue weighted by atomic mass is 32.2. The van der Waals surface area contributed by atoms with Crippen LogP contribution in [0.4, 0.5) is 5.69 Å². The number of benzene rings is 1. The number of aromatic carboxylic acids is 1. The van der Waals surface area contributed by atoms with Gasteiger partial charge < -0.3 is 15.4 Å². The summed E-state index contributed by atoms with van der Waals surface area (Å²) in [6, 6.07) is 5.13. The highest BCUT2D eigenvalue weighted by Crippen LogP contribution is 2.19. The van der Waals surface area contributed by atoms with Gasteiger partial charge in [0.2, 0.25) is 10.0 Å². The maximum atomic E-state index is 12.2. The molecule has 1 heterocycles. The van der Waals surface area contributed by atoms with E-state index in [9.17, 15) is 13.2 Å². The van der Waals surface area contributed by atoms with Crippen LogP contribution in [0.1, 0.15) is 21.8 Å². The average molecular weight is 311 g/mol. The van der Waals surface area contributed by atoms with E-state index in [-0.39, 0.29) is 17.8 Å². The lowest BCUT2D eigenvalue weighted by Crippen LogP contribution is -2.25. The summed E-state index contributed by atoms with van der Waals surface area (Å²) in [5.74, 6) is -1.04. The molecule has 9 heteroatoms. The summed E-state index contributed by atoms with van der Waals surface area (Å²) >= 11 is 0. The molecule has 0 spiro atoms. The lowest BCUT2D eigenvalue weighted by atomic mass is 10.2. The molecule has 0 aliphatic carbocycles. The van der Waals surface area contributed by atoms with Crippen molar-refractivity contribution < 1.29 is 22.8 Å². The monoisotopic (exact) mass is 311 g/mol. The molecular weight excluding hydrogens is 298 g/mol. The number of hydrogen-bond donors (Lipinski definition) is 3. The summed E-state index contributed by atoms with van der Waals surface area (Å²) < 4.78 is 31.5. The molecule has 1 aromatic heterocycles. The SMILES string of the molecule is Cc1cc(CNS(=O)(=O)c2cc(N)ccc2C(=O)O)on1. The van der Waals surface area contributed by atoms with E-state index in [2.05, 4.69) is 9.88 Å². The Morgan fingerprint density at radius 3 is 2.71 bits per heavy atom. The van der Waals surface area contributed by atoms with Gasteiger partial charge >= 0.3 is 5.97 Å². The Bertz CT molecular complexity index is 782. The molecule has 1 aromatic carbocycles. The lowest BCUT2D eigenvalue weighted by Gasteiger charge is -2.09. The number of nitrogens with two attached hydrogens (primary N) is 1. The van der Waals surface area contributed by atoms with Gasteiger partial charge in [0.15, 0.2) is 5.76 Å². The number of hydrogen-bond acceptors (Lipinski definition) is 6. The first-order valence-corrected chi connectivity index (χ1v) is 7.32. The zero-order valence-corrected chi connectivity index (χ0v) is 11.8. The van der Waals surface area contributed by atoms with Gasteiger partial charge in [-0.1, -0.05) is 5.16 Å². The second-order valence-electron chi connectivity index (χ2n) is 4.32. The summed E-state index contributed by atoms with van der Waals surface area (Å²) in [5, 5.41) is 12.7. The first-order chi connectivity index (χ1) is 9.79. The lowest BCUT2D eigenvalue weighted by molar-refractivity contribution is 0.0692. The fourth-order valence-corrected chi connectivity index (χ4v) is 2.91. The maximum absolute atomic E-state index is 12.2. The van der Waals surface area contributed by atoms with Crippen molar-refractivity contribution in [3.63, 3.8) is 0 Å². The Morgan fingerprint density at radius 2 is 2.14 bits per heavy atom. The van der Waals surface area contributed by atoms with E-state index in [4.69, 9.17) is 15.4 Å². The topological polar surface area (TPSA) is 136 Å². The molecule has 0 atom stereocenters. The quantitative estimate of drug-likeness (QED) is 0.693. The fourth-order valence-electron chi connectivity index (χ4n) is 1.68. The number of aromatic nitrogens is 1. The molecule has 0 bridgehead atoms. The maximum Gasteiger partial charge on any atom is 0.337 e. The molecule has 0 radical (unpaired) electrons. The van der Waals surface area contributed by atoms with E-state index in [1.165, 1.54) is 6.07 Å². The third-order valence-corrected chi connectivity index (χ3v) is 4.08. The van der Waals surface area contributed by atoms with Crippen LogP contribution < -0.4 is 10.5 Å². The van der Waals surface area contributed by atoms with E-state index in [0.29, 0.717) is 11.5 Å². The molecule has 0 aliphatic heterocycles. The zero-order valence-electron chi connectivity index (χ0n) is 11.0. The van der Waals surface area contributed by atoms with Crippen molar-refractivity contribution in [1.82, 2.24) is 9.88 Å². The average Bonchev–Trinajstić information content (AvgIpc) is 2.82. The van der Waals surface area contributed by atoms with Crippen molar-refractivity contribution in [2.45, 2.75) is 18.4 Å². The van der Waals surface area contributed by atoms with Crippen LogP contribution in [0.3, 0.4) is 0 Å². The summed E-state index contributed by atoms with van der Waals surface area (Å²) in [7, 11) is -4.05. The summed E-state index contributed by atoms with van der Waals surface area (Å²) in [6.07, 6.45) is 0. The smallest absolute Gasteiger partial charge is 0.337 e. The molecule has 0 aliphatic rings. The molecular formula is C12H13N3O5S. The highest BCUT2D eigenvalue weighted by Gasteiger charge is 2.22. The standard InChI is InChI=1S/C12H13N3O5S/c1-7-4-9(20-15-7)6-14-21(18,19)11-5-8(13)2-3-10(11)12(16)17/h2-5,14H,6,13H2,1H3,(H,16,17). The molecule has 4 N–H and O–H groups in total. The van der Waals surface area contributed by atoms with Crippen LogP contribution in [0.2, 0.25) is 0 Å². The van der Waals surface area contributed by atoms with E-state index in [0.717, 1.165) is 12.1 Å². The van der Waals surface area contributed by atoms with Gasteiger partial charge in [-0.3, -0.25) is 0 Å². The van der Waals surface area contributed by atoms with Gasteiger partial charge in [-0.25, -0.2) is 17.9 Å². The predicted octanol–water partition coefficient (Wildman–Crippen LogP) is 0.742. The van der Waals surface area contributed by atoms with Crippen LogP contribution in [0.25, 0.3) is 0 Å². The number of nitrogens with one attached hydrogen (secondary N) is 1. The molecule has 2 aromatic rings. The summed E-state index contributed by atoms with van der Waals surface area (Å²) in [4.78, 5) is 10.7. The van der Waals surface area contributed by atoms with Gasteiger partial charge in [0.25, 0.3) is 0 Å². The number of anilines is 1. The number of sulfonamides is 1. The Balaban J connectivity index is 2.31. The van der Waals surface area contributed by atoms with E-state index in [1.807, 2.05) is 0 Å². The van der Waals surface area contributed by atoms with E-state index < -0.39 is 20.9 Å². The summed E-state index contributed by atoms with van der Waals surface area (Å²) in [6.45, 7) is 1.55. The third-order valence-electron chi connectivity index (χ3n) is 2.64. The number of nitrogens with zero attached hydrogens (tertiary/aromatic N) is 1. The van der Waals surface area contributed by atoms with Crippen LogP contribution in [0, 0.1) is 6.92 Å². The van der Waals surface area contributed by atoms with Gasteiger partial charge in [-0.2, -0.15) is 0 Å². The third kappa shape index (κ3) is 3.38. The Labute approximate surface area is 120 Å². The van der Waals surface area contributed by atoms with Crippen LogP contribution >= 0.6 is 0 Å². The van der Waals surface area contributed by atoms with Gasteiger partial charge in [-0.05, 0) is 25.1 Å². The Kier molecular flexibility index (Phi) is 3.96. The van der Waals surface area contributed by atoms with Gasteiger partial charge in [0.1, 0.15) is 0 Å². The predicted molar refractivity (Wildman–Crippen MR) is 73.1 cm³/mol. The zero-order chi connectivity index (χ0) is 15.6. The number of rotatable bonds is 5. The van der Waals surface area contributed by atoms with Crippen molar-refractivity contribution in [3.8, 4) is 0 Å². The minimum absolute atomic E-state index is 0.142. The largest absolute Gasteiger partial charge is 0.478 e. The van der Waals surface area contributed by atoms with Crippen molar-refractivity contribution in [1.29, 1.82) is 0 Å². The van der Waals surface area contributed by atoms with E-state index >= 15 is 0 Å². The normalized spacial score (nSPS) is 11.5. The van der Waals surface area contributed by atoms with Gasteiger partial charge in [0, 0.05) is 11.8 Å². The number of nitrogen functional groups attached to an aromatic ring is 1. The Morgan fingerprint density at radius 1 is 1.43 bits per heavy atom. The molecule has 0 amide bonds. The first-order valence-electron chi connectivity index (χ1n) is 5.84. The van der Waals surface area contributed by atoms with Gasteiger partial charge in [0.05, 0.1) is 22.7 Å². The molecule has 0 fully saturated rings. The van der Waals surface area contributed by atoms with Crippen LogP contribution in [-0.4, -0.2) is 24.7 Å². The number of carboxylic acid groups (broad SMARTS) is 1. The van der Waals surface area contributed by atoms with Gasteiger partial charge in [-0.15, -0.1) is 0 Å². The molecule has 8 nitrogen and oxygen atoms in total. The van der Waals surface area contributed by atoms with E-state index in [1.54, 1.807) is 13.0 Å². The molecule has 0 saturated heterocycles. The molecule has 0 saturated carbocycles.